The predicted octanol–water partition coefficient (Wildman–Crippen LogP) is 4.54. The highest BCUT2D eigenvalue weighted by molar-refractivity contribution is 6.16. The number of aromatic nitrogens is 2. The van der Waals surface area contributed by atoms with Crippen LogP contribution in [0.3, 0.4) is 0 Å². The first-order valence-corrected chi connectivity index (χ1v) is 8.06. The van der Waals surface area contributed by atoms with Gasteiger partial charge in [-0.2, -0.15) is 0 Å². The van der Waals surface area contributed by atoms with Crippen molar-refractivity contribution in [2.24, 2.45) is 4.99 Å². The van der Waals surface area contributed by atoms with Crippen LogP contribution in [0, 0.1) is 6.92 Å². The smallest absolute Gasteiger partial charge is 0.0694 e. The van der Waals surface area contributed by atoms with Gasteiger partial charge in [0, 0.05) is 46.7 Å². The minimum Gasteiger partial charge on any atom is -0.358 e. The van der Waals surface area contributed by atoms with Crippen molar-refractivity contribution in [2.75, 3.05) is 6.54 Å². The fourth-order valence-corrected chi connectivity index (χ4v) is 3.26. The summed E-state index contributed by atoms with van der Waals surface area (Å²) < 4.78 is 0. The summed E-state index contributed by atoms with van der Waals surface area (Å²) in [5.74, 6) is 0. The highest BCUT2D eigenvalue weighted by Crippen LogP contribution is 2.28. The molecule has 1 N–H and O–H groups in total. The van der Waals surface area contributed by atoms with Crippen molar-refractivity contribution >= 4 is 22.7 Å². The molecule has 4 rings (SSSR count). The molecule has 3 heteroatoms. The number of H-pyrrole nitrogens is 1. The summed E-state index contributed by atoms with van der Waals surface area (Å²) in [6, 6.07) is 12.5. The Labute approximate surface area is 135 Å². The van der Waals surface area contributed by atoms with E-state index in [1.165, 1.54) is 27.7 Å². The maximum atomic E-state index is 4.77. The van der Waals surface area contributed by atoms with E-state index >= 15 is 0 Å². The fraction of sp³-hybridized carbons (Fsp3) is 0.200. The zero-order valence-electron chi connectivity index (χ0n) is 13.2. The third-order valence-corrected chi connectivity index (χ3v) is 4.38. The Morgan fingerprint density at radius 1 is 1.13 bits per heavy atom. The van der Waals surface area contributed by atoms with Crippen LogP contribution in [0.2, 0.25) is 0 Å². The van der Waals surface area contributed by atoms with Crippen LogP contribution < -0.4 is 0 Å². The van der Waals surface area contributed by atoms with Gasteiger partial charge in [-0.15, -0.1) is 0 Å². The standard InChI is InChI=1S/C20H19N3/c1-14-18(17-8-2-3-9-19(17)23-14)12-15-6-5-11-22-20(15)16-7-4-10-21-13-16/h2-4,7-10,12-13,23H,5-6,11H2,1H3. The number of para-hydroxylation sites is 1. The monoisotopic (exact) mass is 301 g/mol. The number of aromatic amines is 1. The van der Waals surface area contributed by atoms with Crippen molar-refractivity contribution in [1.82, 2.24) is 9.97 Å². The normalized spacial score (nSPS) is 16.7. The van der Waals surface area contributed by atoms with Gasteiger partial charge in [0.15, 0.2) is 0 Å². The fourth-order valence-electron chi connectivity index (χ4n) is 3.26. The average molecular weight is 301 g/mol. The number of fused-ring (bicyclic) bond motifs is 1. The first-order chi connectivity index (χ1) is 11.3. The van der Waals surface area contributed by atoms with E-state index in [-0.39, 0.29) is 0 Å². The van der Waals surface area contributed by atoms with Crippen molar-refractivity contribution in [1.29, 1.82) is 0 Å². The molecule has 1 aliphatic heterocycles. The van der Waals surface area contributed by atoms with Gasteiger partial charge >= 0.3 is 0 Å². The summed E-state index contributed by atoms with van der Waals surface area (Å²) in [5.41, 5.74) is 7.17. The average Bonchev–Trinajstić information content (AvgIpc) is 2.92. The Bertz CT molecular complexity index is 901. The third kappa shape index (κ3) is 2.59. The van der Waals surface area contributed by atoms with E-state index in [9.17, 15) is 0 Å². The van der Waals surface area contributed by atoms with E-state index in [4.69, 9.17) is 4.99 Å². The number of allylic oxidation sites excluding steroid dienone is 1. The number of hydrogen-bond donors (Lipinski definition) is 1. The van der Waals surface area contributed by atoms with Crippen molar-refractivity contribution in [3.63, 3.8) is 0 Å². The van der Waals surface area contributed by atoms with Crippen LogP contribution in [-0.4, -0.2) is 22.2 Å². The lowest BCUT2D eigenvalue weighted by molar-refractivity contribution is 0.818. The summed E-state index contributed by atoms with van der Waals surface area (Å²) in [5, 5.41) is 1.27. The molecule has 114 valence electrons. The maximum absolute atomic E-state index is 4.77. The molecule has 23 heavy (non-hydrogen) atoms. The lowest BCUT2D eigenvalue weighted by atomic mass is 9.94. The molecule has 3 nitrogen and oxygen atoms in total. The maximum Gasteiger partial charge on any atom is 0.0694 e. The molecule has 0 amide bonds. The van der Waals surface area contributed by atoms with E-state index < -0.39 is 0 Å². The van der Waals surface area contributed by atoms with Crippen LogP contribution in [-0.2, 0) is 0 Å². The number of pyridine rings is 1. The second-order valence-electron chi connectivity index (χ2n) is 5.95. The molecule has 0 saturated carbocycles. The van der Waals surface area contributed by atoms with Crippen molar-refractivity contribution in [3.8, 4) is 0 Å². The molecule has 3 heterocycles. The second kappa shape index (κ2) is 5.84. The Morgan fingerprint density at radius 2 is 2.04 bits per heavy atom. The second-order valence-corrected chi connectivity index (χ2v) is 5.95. The molecule has 0 radical (unpaired) electrons. The molecule has 1 aromatic carbocycles. The number of rotatable bonds is 2. The van der Waals surface area contributed by atoms with Gasteiger partial charge in [0.2, 0.25) is 0 Å². The number of hydrogen-bond acceptors (Lipinski definition) is 2. The van der Waals surface area contributed by atoms with Crippen LogP contribution in [0.4, 0.5) is 0 Å². The Balaban J connectivity index is 1.84. The van der Waals surface area contributed by atoms with E-state index in [1.807, 2.05) is 12.3 Å². The van der Waals surface area contributed by atoms with Gasteiger partial charge < -0.3 is 4.98 Å². The summed E-state index contributed by atoms with van der Waals surface area (Å²) in [6.45, 7) is 3.03. The molecule has 0 aliphatic carbocycles. The van der Waals surface area contributed by atoms with Gasteiger partial charge in [0.05, 0.1) is 5.71 Å². The highest BCUT2D eigenvalue weighted by Gasteiger charge is 2.16. The summed E-state index contributed by atoms with van der Waals surface area (Å²) >= 11 is 0. The van der Waals surface area contributed by atoms with Crippen molar-refractivity contribution in [2.45, 2.75) is 19.8 Å². The summed E-state index contributed by atoms with van der Waals surface area (Å²) in [6.07, 6.45) is 8.18. The molecule has 1 aliphatic rings. The van der Waals surface area contributed by atoms with Gasteiger partial charge in [-0.3, -0.25) is 9.98 Å². The van der Waals surface area contributed by atoms with Gasteiger partial charge in [-0.05, 0) is 49.6 Å². The van der Waals surface area contributed by atoms with E-state index in [2.05, 4.69) is 53.3 Å². The summed E-state index contributed by atoms with van der Waals surface area (Å²) in [4.78, 5) is 12.5. The van der Waals surface area contributed by atoms with Gasteiger partial charge in [0.25, 0.3) is 0 Å². The lowest BCUT2D eigenvalue weighted by Crippen LogP contribution is -2.11. The van der Waals surface area contributed by atoms with Gasteiger partial charge in [-0.1, -0.05) is 18.2 Å². The molecule has 0 bridgehead atoms. The molecule has 0 unspecified atom stereocenters. The predicted molar refractivity (Wildman–Crippen MR) is 95.9 cm³/mol. The topological polar surface area (TPSA) is 41.0 Å². The van der Waals surface area contributed by atoms with E-state index in [0.717, 1.165) is 30.7 Å². The van der Waals surface area contributed by atoms with Crippen LogP contribution in [0.5, 0.6) is 0 Å². The quantitative estimate of drug-likeness (QED) is 0.742. The molecular weight excluding hydrogens is 282 g/mol. The first kappa shape index (κ1) is 13.9. The summed E-state index contributed by atoms with van der Waals surface area (Å²) in [7, 11) is 0. The van der Waals surface area contributed by atoms with Gasteiger partial charge in [0.1, 0.15) is 0 Å². The SMILES string of the molecule is Cc1[nH]c2ccccc2c1C=C1CCCN=C1c1cccnc1. The molecular formula is C20H19N3. The molecule has 0 spiro atoms. The minimum absolute atomic E-state index is 0.897. The molecule has 2 aromatic heterocycles. The van der Waals surface area contributed by atoms with Crippen molar-refractivity contribution < 1.29 is 0 Å². The zero-order valence-corrected chi connectivity index (χ0v) is 13.2. The van der Waals surface area contributed by atoms with Crippen molar-refractivity contribution in [3.05, 3.63) is 71.2 Å². The zero-order chi connectivity index (χ0) is 15.6. The third-order valence-electron chi connectivity index (χ3n) is 4.38. The minimum atomic E-state index is 0.897. The molecule has 0 fully saturated rings. The van der Waals surface area contributed by atoms with Crippen LogP contribution in [0.1, 0.15) is 29.7 Å². The van der Waals surface area contributed by atoms with Crippen LogP contribution >= 0.6 is 0 Å². The van der Waals surface area contributed by atoms with Gasteiger partial charge in [-0.25, -0.2) is 0 Å². The largest absolute Gasteiger partial charge is 0.358 e. The molecule has 3 aromatic rings. The first-order valence-electron chi connectivity index (χ1n) is 8.06. The number of aryl methyl sites for hydroxylation is 1. The number of nitrogens with zero attached hydrogens (tertiary/aromatic N) is 2. The van der Waals surface area contributed by atoms with E-state index in [0.29, 0.717) is 0 Å². The van der Waals surface area contributed by atoms with Crippen LogP contribution in [0.15, 0.2) is 59.4 Å². The molecule has 0 saturated heterocycles. The Morgan fingerprint density at radius 3 is 2.91 bits per heavy atom. The number of benzene rings is 1. The Kier molecular flexibility index (Phi) is 3.54. The highest BCUT2D eigenvalue weighted by atomic mass is 14.8. The van der Waals surface area contributed by atoms with E-state index in [1.54, 1.807) is 6.20 Å². The number of nitrogens with one attached hydrogen (secondary N) is 1. The number of aliphatic imine (C=N–C) groups is 1. The molecule has 0 atom stereocenters. The van der Waals surface area contributed by atoms with Crippen LogP contribution in [0.25, 0.3) is 17.0 Å². The lowest BCUT2D eigenvalue weighted by Gasteiger charge is -2.16. The Hall–Kier alpha value is -2.68.